The van der Waals surface area contributed by atoms with Gasteiger partial charge >= 0.3 is 0 Å². The Morgan fingerprint density at radius 3 is 1.50 bits per heavy atom. The van der Waals surface area contributed by atoms with Crippen molar-refractivity contribution in [2.45, 2.75) is 39.8 Å². The number of amides is 2. The lowest BCUT2D eigenvalue weighted by atomic mass is 10.2. The number of fused-ring (bicyclic) bond motifs is 2. The maximum atomic E-state index is 12.3. The molecule has 36 heavy (non-hydrogen) atoms. The molecule has 0 atom stereocenters. The van der Waals surface area contributed by atoms with Gasteiger partial charge in [0.2, 0.25) is 11.8 Å². The van der Waals surface area contributed by atoms with Crippen molar-refractivity contribution in [3.63, 3.8) is 0 Å². The van der Waals surface area contributed by atoms with E-state index in [4.69, 9.17) is 0 Å². The van der Waals surface area contributed by atoms with Crippen LogP contribution in [0.3, 0.4) is 0 Å². The minimum absolute atomic E-state index is 0.0929. The smallest absolute Gasteiger partial charge is 0.265 e. The van der Waals surface area contributed by atoms with E-state index in [0.29, 0.717) is 23.9 Å². The molecule has 0 aliphatic heterocycles. The van der Waals surface area contributed by atoms with E-state index in [-0.39, 0.29) is 36.0 Å². The van der Waals surface area contributed by atoms with Crippen LogP contribution in [0, 0.1) is 0 Å². The van der Waals surface area contributed by atoms with E-state index < -0.39 is 11.8 Å². The van der Waals surface area contributed by atoms with E-state index in [1.54, 1.807) is 21.3 Å². The summed E-state index contributed by atoms with van der Waals surface area (Å²) in [7, 11) is 0. The third-order valence-corrected chi connectivity index (χ3v) is 6.64. The first-order valence-corrected chi connectivity index (χ1v) is 12.7. The van der Waals surface area contributed by atoms with E-state index >= 15 is 0 Å². The van der Waals surface area contributed by atoms with E-state index in [1.165, 1.54) is 0 Å². The summed E-state index contributed by atoms with van der Waals surface area (Å²) in [5.74, 6) is -1.46. The molecule has 2 N–H and O–H groups in total. The van der Waals surface area contributed by atoms with Gasteiger partial charge in [-0.05, 0) is 50.2 Å². The van der Waals surface area contributed by atoms with Crippen LogP contribution in [0.4, 0.5) is 11.4 Å². The highest BCUT2D eigenvalue weighted by Crippen LogP contribution is 2.41. The molecular weight excluding hydrogens is 596 g/mol. The average molecular weight is 618 g/mol. The maximum Gasteiger partial charge on any atom is 0.265 e. The van der Waals surface area contributed by atoms with Crippen LogP contribution in [0.5, 0.6) is 11.8 Å². The normalized spacial score (nSPS) is 12.0. The number of carbonyl (C=O) groups is 2. The summed E-state index contributed by atoms with van der Waals surface area (Å²) in [4.78, 5) is 24.5. The lowest BCUT2D eigenvalue weighted by Gasteiger charge is -2.01. The first-order valence-electron chi connectivity index (χ1n) is 11.2. The van der Waals surface area contributed by atoms with Gasteiger partial charge in [0.1, 0.15) is 0 Å². The van der Waals surface area contributed by atoms with Crippen LogP contribution >= 0.6 is 31.9 Å². The summed E-state index contributed by atoms with van der Waals surface area (Å²) in [6, 6.07) is 10.9. The Balaban J connectivity index is 1.46. The van der Waals surface area contributed by atoms with Crippen molar-refractivity contribution < 1.29 is 19.8 Å². The number of hydrogen-bond donors (Lipinski definition) is 2. The molecule has 0 aliphatic carbocycles. The number of aromatic hydroxyl groups is 2. The molecule has 4 aromatic rings. The van der Waals surface area contributed by atoms with Gasteiger partial charge in [0.05, 0.1) is 11.0 Å². The van der Waals surface area contributed by atoms with Gasteiger partial charge in [-0.1, -0.05) is 31.9 Å². The molecule has 10 nitrogen and oxygen atoms in total. The van der Waals surface area contributed by atoms with E-state index in [0.717, 1.165) is 20.0 Å². The third-order valence-electron chi connectivity index (χ3n) is 5.65. The minimum Gasteiger partial charge on any atom is -0.493 e. The maximum absolute atomic E-state index is 12.3. The highest BCUT2D eigenvalue weighted by atomic mass is 79.9. The van der Waals surface area contributed by atoms with Crippen molar-refractivity contribution in [1.82, 2.24) is 9.13 Å². The van der Waals surface area contributed by atoms with Gasteiger partial charge in [-0.3, -0.25) is 9.59 Å². The minimum atomic E-state index is -0.639. The predicted octanol–water partition coefficient (Wildman–Crippen LogP) is 7.27. The summed E-state index contributed by atoms with van der Waals surface area (Å²) < 4.78 is 4.91. The van der Waals surface area contributed by atoms with Gasteiger partial charge in [0.15, 0.2) is 11.4 Å². The number of aryl methyl sites for hydroxylation is 2. The monoisotopic (exact) mass is 616 g/mol. The lowest BCUT2D eigenvalue weighted by Crippen LogP contribution is -1.98. The zero-order valence-electron chi connectivity index (χ0n) is 19.4. The standard InChI is InChI=1S/C24H22Br2N6O4/c1-3-31-17-7-5-13(25)11-15(17)21(23(31)35)29-27-19(33)9-10-20(34)28-30-22-16-12-14(26)6-8-18(16)32(4-2)24(22)36/h5-8,11-12,35-36H,3-4,9-10H2,1-2H3. The molecular formula is C24H22Br2N6O4. The Bertz CT molecular complexity index is 1440. The summed E-state index contributed by atoms with van der Waals surface area (Å²) in [6.07, 6.45) is -0.459. The Morgan fingerprint density at radius 1 is 0.750 bits per heavy atom. The summed E-state index contributed by atoms with van der Waals surface area (Å²) >= 11 is 6.79. The number of rotatable bonds is 7. The zero-order valence-corrected chi connectivity index (χ0v) is 22.6. The molecule has 2 amide bonds. The Morgan fingerprint density at radius 2 is 1.14 bits per heavy atom. The molecule has 12 heteroatoms. The fourth-order valence-electron chi connectivity index (χ4n) is 3.95. The van der Waals surface area contributed by atoms with Gasteiger partial charge in [-0.15, -0.1) is 20.5 Å². The van der Waals surface area contributed by atoms with Crippen LogP contribution in [0.25, 0.3) is 21.8 Å². The first-order chi connectivity index (χ1) is 17.2. The first kappa shape index (κ1) is 25.7. The van der Waals surface area contributed by atoms with E-state index in [9.17, 15) is 19.8 Å². The number of aromatic nitrogens is 2. The molecule has 0 bridgehead atoms. The molecule has 0 unspecified atom stereocenters. The molecule has 4 rings (SSSR count). The molecule has 0 radical (unpaired) electrons. The fourth-order valence-corrected chi connectivity index (χ4v) is 4.68. The lowest BCUT2D eigenvalue weighted by molar-refractivity contribution is -0.123. The number of carbonyl (C=O) groups excluding carboxylic acids is 2. The van der Waals surface area contributed by atoms with Crippen molar-refractivity contribution in [1.29, 1.82) is 0 Å². The largest absolute Gasteiger partial charge is 0.493 e. The van der Waals surface area contributed by atoms with E-state index in [1.807, 2.05) is 38.1 Å². The number of benzene rings is 2. The Hall–Kier alpha value is -3.38. The van der Waals surface area contributed by atoms with Crippen LogP contribution in [-0.4, -0.2) is 31.2 Å². The second kappa shape index (κ2) is 10.7. The molecule has 0 saturated heterocycles. The number of nitrogens with zero attached hydrogens (tertiary/aromatic N) is 6. The highest BCUT2D eigenvalue weighted by Gasteiger charge is 2.18. The van der Waals surface area contributed by atoms with Crippen molar-refractivity contribution in [3.05, 3.63) is 45.3 Å². The second-order valence-corrected chi connectivity index (χ2v) is 9.67. The van der Waals surface area contributed by atoms with Crippen molar-refractivity contribution in [2.75, 3.05) is 0 Å². The molecule has 186 valence electrons. The SMILES string of the molecule is CCn1c(O)c(N=NC(=O)CCC(=O)N=Nc2c(O)n(CC)c3ccc(Br)cc23)c2cc(Br)ccc21. The topological polar surface area (TPSA) is 134 Å². The van der Waals surface area contributed by atoms with Crippen LogP contribution in [0.2, 0.25) is 0 Å². The van der Waals surface area contributed by atoms with Crippen molar-refractivity contribution >= 4 is 76.9 Å². The highest BCUT2D eigenvalue weighted by molar-refractivity contribution is 9.10. The second-order valence-electron chi connectivity index (χ2n) is 7.84. The number of hydrogen-bond acceptors (Lipinski definition) is 6. The van der Waals surface area contributed by atoms with Crippen molar-refractivity contribution in [2.24, 2.45) is 20.5 Å². The van der Waals surface area contributed by atoms with Gasteiger partial charge < -0.3 is 19.3 Å². The van der Waals surface area contributed by atoms with E-state index in [2.05, 4.69) is 52.3 Å². The zero-order chi connectivity index (χ0) is 26.0. The Labute approximate surface area is 222 Å². The molecule has 0 aliphatic rings. The van der Waals surface area contributed by atoms with Gasteiger partial charge in [-0.2, -0.15) is 0 Å². The predicted molar refractivity (Wildman–Crippen MR) is 142 cm³/mol. The number of azo groups is 2. The Kier molecular flexibility index (Phi) is 7.65. The number of halogens is 2. The van der Waals surface area contributed by atoms with Gasteiger partial charge in [0.25, 0.3) is 11.8 Å². The molecule has 2 heterocycles. The summed E-state index contributed by atoms with van der Waals surface area (Å²) in [5, 5.41) is 37.6. The summed E-state index contributed by atoms with van der Waals surface area (Å²) in [6.45, 7) is 4.78. The quantitative estimate of drug-likeness (QED) is 0.211. The molecule has 0 fully saturated rings. The van der Waals surface area contributed by atoms with Crippen molar-refractivity contribution in [3.8, 4) is 11.8 Å². The molecule has 0 spiro atoms. The van der Waals surface area contributed by atoms with Crippen LogP contribution in [0.1, 0.15) is 26.7 Å². The fraction of sp³-hybridized carbons (Fsp3) is 0.250. The third kappa shape index (κ3) is 4.96. The van der Waals surface area contributed by atoms with Gasteiger partial charge in [-0.25, -0.2) is 0 Å². The summed E-state index contributed by atoms with van der Waals surface area (Å²) in [5.41, 5.74) is 1.88. The molecule has 2 aromatic carbocycles. The average Bonchev–Trinajstić information content (AvgIpc) is 3.27. The molecule has 2 aromatic heterocycles. The van der Waals surface area contributed by atoms with Crippen LogP contribution in [0.15, 0.2) is 65.8 Å². The van der Waals surface area contributed by atoms with Gasteiger partial charge in [0, 0.05) is 45.6 Å². The van der Waals surface area contributed by atoms with Crippen LogP contribution < -0.4 is 0 Å². The molecule has 0 saturated carbocycles. The van der Waals surface area contributed by atoms with Crippen LogP contribution in [-0.2, 0) is 22.7 Å².